The minimum Gasteiger partial charge on any atom is -0.492 e. The molecule has 2 atom stereocenters. The fraction of sp³-hybridized carbons (Fsp3) is 0.389. The minimum absolute atomic E-state index is 0.112. The molecule has 5 nitrogen and oxygen atoms in total. The van der Waals surface area contributed by atoms with Crippen LogP contribution in [-0.2, 0) is 10.0 Å². The second-order valence-corrected chi connectivity index (χ2v) is 8.53. The predicted molar refractivity (Wildman–Crippen MR) is 92.3 cm³/mol. The maximum absolute atomic E-state index is 11.4. The molecule has 0 aliphatic heterocycles. The molecule has 3 rings (SSSR count). The van der Waals surface area contributed by atoms with Crippen molar-refractivity contribution in [2.45, 2.75) is 31.6 Å². The number of hydrogen-bond acceptors (Lipinski definition) is 4. The Hall–Kier alpha value is -1.92. The van der Waals surface area contributed by atoms with Crippen LogP contribution in [0.2, 0.25) is 0 Å². The number of primary sulfonamides is 1. The third kappa shape index (κ3) is 3.30. The first-order valence-corrected chi connectivity index (χ1v) is 9.42. The van der Waals surface area contributed by atoms with Crippen LogP contribution in [0.3, 0.4) is 0 Å². The molecule has 1 aliphatic rings. The standard InChI is InChI=1S/C18H22N2O3S/c1-12-4-7-14(10-20-12)23-11-16-17(18(16,2)3)13-5-8-15(9-6-13)24(19,21)22/h4-10,16-17H,11H2,1-3H3,(H2,19,21,22)/t16-,17-/m0/s1. The zero-order chi connectivity index (χ0) is 17.5. The molecule has 0 unspecified atom stereocenters. The van der Waals surface area contributed by atoms with E-state index in [2.05, 4.69) is 18.8 Å². The van der Waals surface area contributed by atoms with Gasteiger partial charge in [-0.05, 0) is 48.1 Å². The van der Waals surface area contributed by atoms with Gasteiger partial charge in [0, 0.05) is 11.6 Å². The van der Waals surface area contributed by atoms with Crippen molar-refractivity contribution < 1.29 is 13.2 Å². The lowest BCUT2D eigenvalue weighted by atomic mass is 10.0. The Labute approximate surface area is 142 Å². The topological polar surface area (TPSA) is 82.3 Å². The Morgan fingerprint density at radius 1 is 1.17 bits per heavy atom. The number of sulfonamides is 1. The number of ether oxygens (including phenoxy) is 1. The van der Waals surface area contributed by atoms with Crippen LogP contribution in [0.15, 0.2) is 47.5 Å². The van der Waals surface area contributed by atoms with Gasteiger partial charge in [0.1, 0.15) is 5.75 Å². The molecule has 1 aromatic heterocycles. The minimum atomic E-state index is -3.65. The molecule has 24 heavy (non-hydrogen) atoms. The number of hydrogen-bond donors (Lipinski definition) is 1. The molecular formula is C18H22N2O3S. The van der Waals surface area contributed by atoms with Gasteiger partial charge in [-0.3, -0.25) is 4.98 Å². The summed E-state index contributed by atoms with van der Waals surface area (Å²) in [5, 5.41) is 5.15. The van der Waals surface area contributed by atoms with Crippen molar-refractivity contribution in [3.05, 3.63) is 53.9 Å². The van der Waals surface area contributed by atoms with Gasteiger partial charge in [-0.15, -0.1) is 0 Å². The van der Waals surface area contributed by atoms with Gasteiger partial charge in [0.05, 0.1) is 17.7 Å². The zero-order valence-corrected chi connectivity index (χ0v) is 14.9. The van der Waals surface area contributed by atoms with E-state index in [1.165, 1.54) is 0 Å². The molecular weight excluding hydrogens is 324 g/mol. The summed E-state index contributed by atoms with van der Waals surface area (Å²) in [4.78, 5) is 4.37. The molecule has 1 heterocycles. The summed E-state index contributed by atoms with van der Waals surface area (Å²) in [5.41, 5.74) is 2.19. The van der Waals surface area contributed by atoms with E-state index in [1.54, 1.807) is 18.3 Å². The van der Waals surface area contributed by atoms with E-state index in [1.807, 2.05) is 31.2 Å². The SMILES string of the molecule is Cc1ccc(OC[C@H]2[C@H](c3ccc(S(N)(=O)=O)cc3)C2(C)C)cn1. The number of aryl methyl sites for hydroxylation is 1. The lowest BCUT2D eigenvalue weighted by molar-refractivity contribution is 0.278. The normalized spacial score (nSPS) is 22.2. The smallest absolute Gasteiger partial charge is 0.238 e. The van der Waals surface area contributed by atoms with Crippen LogP contribution in [0.25, 0.3) is 0 Å². The maximum Gasteiger partial charge on any atom is 0.238 e. The largest absolute Gasteiger partial charge is 0.492 e. The molecule has 0 bridgehead atoms. The Kier molecular flexibility index (Phi) is 4.13. The van der Waals surface area contributed by atoms with Crippen LogP contribution in [0, 0.1) is 18.3 Å². The van der Waals surface area contributed by atoms with Gasteiger partial charge < -0.3 is 4.74 Å². The van der Waals surface area contributed by atoms with Crippen LogP contribution >= 0.6 is 0 Å². The van der Waals surface area contributed by atoms with Crippen molar-refractivity contribution in [3.8, 4) is 5.75 Å². The van der Waals surface area contributed by atoms with Gasteiger partial charge in [0.2, 0.25) is 10.0 Å². The summed E-state index contributed by atoms with van der Waals surface area (Å²) in [6.07, 6.45) is 1.74. The number of rotatable bonds is 5. The maximum atomic E-state index is 11.4. The summed E-state index contributed by atoms with van der Waals surface area (Å²) < 4.78 is 28.6. The molecule has 0 amide bonds. The van der Waals surface area contributed by atoms with Crippen LogP contribution in [0.1, 0.15) is 31.0 Å². The number of nitrogens with two attached hydrogens (primary N) is 1. The van der Waals surface area contributed by atoms with Crippen LogP contribution in [-0.4, -0.2) is 20.0 Å². The molecule has 6 heteroatoms. The highest BCUT2D eigenvalue weighted by Gasteiger charge is 2.58. The Balaban J connectivity index is 1.69. The molecule has 1 aliphatic carbocycles. The summed E-state index contributed by atoms with van der Waals surface area (Å²) in [5.74, 6) is 1.48. The van der Waals surface area contributed by atoms with Gasteiger partial charge in [0.15, 0.2) is 0 Å². The lowest BCUT2D eigenvalue weighted by Gasteiger charge is -2.06. The van der Waals surface area contributed by atoms with Gasteiger partial charge in [-0.1, -0.05) is 26.0 Å². The number of nitrogens with zero attached hydrogens (tertiary/aromatic N) is 1. The molecule has 0 radical (unpaired) electrons. The highest BCUT2D eigenvalue weighted by Crippen LogP contribution is 2.64. The van der Waals surface area contributed by atoms with Gasteiger partial charge in [-0.25, -0.2) is 13.6 Å². The molecule has 128 valence electrons. The van der Waals surface area contributed by atoms with Crippen molar-refractivity contribution in [1.82, 2.24) is 4.98 Å². The van der Waals surface area contributed by atoms with Crippen LogP contribution in [0.5, 0.6) is 5.75 Å². The van der Waals surface area contributed by atoms with Gasteiger partial charge in [-0.2, -0.15) is 0 Å². The summed E-state index contributed by atoms with van der Waals surface area (Å²) >= 11 is 0. The first-order valence-electron chi connectivity index (χ1n) is 7.88. The highest BCUT2D eigenvalue weighted by molar-refractivity contribution is 7.89. The third-order valence-electron chi connectivity index (χ3n) is 4.93. The van der Waals surface area contributed by atoms with Crippen molar-refractivity contribution in [1.29, 1.82) is 0 Å². The monoisotopic (exact) mass is 346 g/mol. The van der Waals surface area contributed by atoms with E-state index in [4.69, 9.17) is 9.88 Å². The van der Waals surface area contributed by atoms with Crippen molar-refractivity contribution in [2.24, 2.45) is 16.5 Å². The lowest BCUT2D eigenvalue weighted by Crippen LogP contribution is -2.11. The fourth-order valence-corrected chi connectivity index (χ4v) is 3.82. The van der Waals surface area contributed by atoms with E-state index in [-0.39, 0.29) is 10.3 Å². The summed E-state index contributed by atoms with van der Waals surface area (Å²) in [6, 6.07) is 10.7. The first-order chi connectivity index (χ1) is 11.2. The molecule has 1 aromatic carbocycles. The summed E-state index contributed by atoms with van der Waals surface area (Å²) in [7, 11) is -3.65. The van der Waals surface area contributed by atoms with E-state index in [0.717, 1.165) is 17.0 Å². The fourth-order valence-electron chi connectivity index (χ4n) is 3.31. The molecule has 2 N–H and O–H groups in total. The predicted octanol–water partition coefficient (Wildman–Crippen LogP) is 2.86. The van der Waals surface area contributed by atoms with Gasteiger partial charge >= 0.3 is 0 Å². The Bertz CT molecular complexity index is 828. The average Bonchev–Trinajstić information content (AvgIpc) is 3.07. The van der Waals surface area contributed by atoms with Crippen molar-refractivity contribution in [2.75, 3.05) is 6.61 Å². The number of benzene rings is 1. The molecule has 1 saturated carbocycles. The molecule has 0 spiro atoms. The van der Waals surface area contributed by atoms with Crippen LogP contribution < -0.4 is 9.88 Å². The Morgan fingerprint density at radius 3 is 2.38 bits per heavy atom. The van der Waals surface area contributed by atoms with Gasteiger partial charge in [0.25, 0.3) is 0 Å². The van der Waals surface area contributed by atoms with E-state index in [9.17, 15) is 8.42 Å². The number of pyridine rings is 1. The molecule has 1 fully saturated rings. The zero-order valence-electron chi connectivity index (χ0n) is 14.1. The molecule has 2 aromatic rings. The highest BCUT2D eigenvalue weighted by atomic mass is 32.2. The van der Waals surface area contributed by atoms with Crippen molar-refractivity contribution in [3.63, 3.8) is 0 Å². The Morgan fingerprint density at radius 2 is 1.83 bits per heavy atom. The van der Waals surface area contributed by atoms with E-state index in [0.29, 0.717) is 18.4 Å². The van der Waals surface area contributed by atoms with Crippen LogP contribution in [0.4, 0.5) is 0 Å². The second kappa shape index (κ2) is 5.86. The molecule has 0 saturated heterocycles. The summed E-state index contributed by atoms with van der Waals surface area (Å²) in [6.45, 7) is 6.95. The third-order valence-corrected chi connectivity index (χ3v) is 5.86. The average molecular weight is 346 g/mol. The number of aromatic nitrogens is 1. The first kappa shape index (κ1) is 16.9. The van der Waals surface area contributed by atoms with E-state index >= 15 is 0 Å². The van der Waals surface area contributed by atoms with E-state index < -0.39 is 10.0 Å². The quantitative estimate of drug-likeness (QED) is 0.902. The van der Waals surface area contributed by atoms with Crippen molar-refractivity contribution >= 4 is 10.0 Å². The second-order valence-electron chi connectivity index (χ2n) is 6.97.